The third kappa shape index (κ3) is 2.24. The predicted molar refractivity (Wildman–Crippen MR) is 70.2 cm³/mol. The number of anilines is 2. The first-order chi connectivity index (χ1) is 8.67. The molecule has 1 aromatic heterocycles. The topological polar surface area (TPSA) is 95.0 Å². The summed E-state index contributed by atoms with van der Waals surface area (Å²) in [6.45, 7) is 1.52. The van der Waals surface area contributed by atoms with E-state index in [0.717, 1.165) is 30.9 Å². The Morgan fingerprint density at radius 2 is 2.28 bits per heavy atom. The number of nitrogens with one attached hydrogen (secondary N) is 1. The minimum Gasteiger partial charge on any atom is -0.382 e. The van der Waals surface area contributed by atoms with E-state index in [-0.39, 0.29) is 11.8 Å². The lowest BCUT2D eigenvalue weighted by Crippen LogP contribution is -2.39. The number of piperidine rings is 1. The van der Waals surface area contributed by atoms with E-state index in [0.29, 0.717) is 11.4 Å². The Bertz CT molecular complexity index is 484. The molecule has 7 heteroatoms. The molecule has 1 amide bonds. The molecule has 96 valence electrons. The number of carbonyl (C=O) groups is 1. The number of nitrogens with zero attached hydrogens (tertiary/aromatic N) is 3. The number of hydrogen-bond acceptors (Lipinski definition) is 6. The molecule has 0 bridgehead atoms. The van der Waals surface area contributed by atoms with Crippen molar-refractivity contribution >= 4 is 28.3 Å². The summed E-state index contributed by atoms with van der Waals surface area (Å²) in [4.78, 5) is 13.6. The zero-order chi connectivity index (χ0) is 13.1. The van der Waals surface area contributed by atoms with Crippen LogP contribution >= 0.6 is 11.5 Å². The van der Waals surface area contributed by atoms with Crippen molar-refractivity contribution in [1.82, 2.24) is 9.69 Å². The fourth-order valence-electron chi connectivity index (χ4n) is 2.16. The van der Waals surface area contributed by atoms with Gasteiger partial charge in [-0.3, -0.25) is 4.79 Å². The molecule has 3 N–H and O–H groups in total. The van der Waals surface area contributed by atoms with Gasteiger partial charge in [0.05, 0.1) is 0 Å². The Balaban J connectivity index is 2.06. The van der Waals surface area contributed by atoms with Crippen LogP contribution in [0.5, 0.6) is 0 Å². The van der Waals surface area contributed by atoms with Gasteiger partial charge in [-0.25, -0.2) is 0 Å². The van der Waals surface area contributed by atoms with Crippen LogP contribution in [-0.4, -0.2) is 30.4 Å². The summed E-state index contributed by atoms with van der Waals surface area (Å²) < 4.78 is 4.01. The second-order valence-electron chi connectivity index (χ2n) is 4.24. The number of rotatable bonds is 2. The van der Waals surface area contributed by atoms with Crippen LogP contribution in [0.25, 0.3) is 0 Å². The van der Waals surface area contributed by atoms with Crippen LogP contribution < -0.4 is 16.0 Å². The smallest absolute Gasteiger partial charge is 0.222 e. The fourth-order valence-corrected chi connectivity index (χ4v) is 2.98. The molecule has 6 nitrogen and oxygen atoms in total. The van der Waals surface area contributed by atoms with Gasteiger partial charge < -0.3 is 16.0 Å². The van der Waals surface area contributed by atoms with E-state index < -0.39 is 0 Å². The van der Waals surface area contributed by atoms with Crippen LogP contribution in [0.3, 0.4) is 0 Å². The molecule has 1 saturated heterocycles. The number of hydrogen-bond donors (Lipinski definition) is 2. The summed E-state index contributed by atoms with van der Waals surface area (Å²) in [5.74, 6) is 0.465. The number of nitriles is 1. The number of aromatic nitrogens is 1. The monoisotopic (exact) mass is 265 g/mol. The van der Waals surface area contributed by atoms with Crippen molar-refractivity contribution in [2.45, 2.75) is 12.8 Å². The highest BCUT2D eigenvalue weighted by molar-refractivity contribution is 7.10. The normalized spacial score (nSPS) is 16.3. The lowest BCUT2D eigenvalue weighted by molar-refractivity contribution is -0.125. The van der Waals surface area contributed by atoms with Gasteiger partial charge in [-0.15, -0.1) is 0 Å². The molecule has 0 unspecified atom stereocenters. The maximum atomic E-state index is 11.5. The molecule has 0 atom stereocenters. The Hall–Kier alpha value is -1.81. The number of carbonyl (C=O) groups excluding carboxylic acids is 1. The van der Waals surface area contributed by atoms with E-state index in [9.17, 15) is 4.79 Å². The third-order valence-corrected chi connectivity index (χ3v) is 4.13. The lowest BCUT2D eigenvalue weighted by atomic mass is 9.96. The molecule has 0 aliphatic carbocycles. The highest BCUT2D eigenvalue weighted by Crippen LogP contribution is 2.32. The van der Waals surface area contributed by atoms with E-state index in [1.807, 2.05) is 0 Å². The quantitative estimate of drug-likeness (QED) is 0.814. The van der Waals surface area contributed by atoms with E-state index in [4.69, 9.17) is 11.0 Å². The van der Waals surface area contributed by atoms with Gasteiger partial charge in [0.1, 0.15) is 16.6 Å². The van der Waals surface area contributed by atoms with Crippen molar-refractivity contribution in [3.63, 3.8) is 0 Å². The van der Waals surface area contributed by atoms with Gasteiger partial charge in [0.2, 0.25) is 5.91 Å². The van der Waals surface area contributed by atoms with E-state index in [2.05, 4.69) is 20.7 Å². The standard InChI is InChI=1S/C11H15N5OS/c1-14-10(17)7-2-4-16(5-3-7)11-8(6-12)9(13)15-18-11/h7H,2-5H2,1H3,(H2,13,15)(H,14,17). The highest BCUT2D eigenvalue weighted by Gasteiger charge is 2.27. The van der Waals surface area contributed by atoms with Crippen molar-refractivity contribution in [3.05, 3.63) is 5.56 Å². The Kier molecular flexibility index (Phi) is 3.67. The summed E-state index contributed by atoms with van der Waals surface area (Å²) in [5.41, 5.74) is 6.10. The summed E-state index contributed by atoms with van der Waals surface area (Å²) in [6, 6.07) is 2.09. The van der Waals surface area contributed by atoms with Gasteiger partial charge in [-0.05, 0) is 24.4 Å². The molecule has 2 rings (SSSR count). The summed E-state index contributed by atoms with van der Waals surface area (Å²) in [6.07, 6.45) is 1.59. The zero-order valence-corrected chi connectivity index (χ0v) is 11.0. The van der Waals surface area contributed by atoms with Gasteiger partial charge in [-0.1, -0.05) is 0 Å². The molecular weight excluding hydrogens is 250 g/mol. The van der Waals surface area contributed by atoms with Crippen LogP contribution in [0.1, 0.15) is 18.4 Å². The molecule has 1 aliphatic heterocycles. The minimum atomic E-state index is 0.0713. The Morgan fingerprint density at radius 3 is 2.83 bits per heavy atom. The van der Waals surface area contributed by atoms with Crippen molar-refractivity contribution in [1.29, 1.82) is 5.26 Å². The summed E-state index contributed by atoms with van der Waals surface area (Å²) >= 11 is 1.25. The second kappa shape index (κ2) is 5.23. The maximum Gasteiger partial charge on any atom is 0.222 e. The van der Waals surface area contributed by atoms with Crippen LogP contribution in [0, 0.1) is 17.2 Å². The molecule has 18 heavy (non-hydrogen) atoms. The molecule has 1 fully saturated rings. The van der Waals surface area contributed by atoms with E-state index >= 15 is 0 Å². The van der Waals surface area contributed by atoms with Gasteiger partial charge in [-0.2, -0.15) is 9.64 Å². The largest absolute Gasteiger partial charge is 0.382 e. The first-order valence-electron chi connectivity index (χ1n) is 5.79. The minimum absolute atomic E-state index is 0.0713. The Labute approximate surface area is 110 Å². The van der Waals surface area contributed by atoms with Crippen molar-refractivity contribution in [3.8, 4) is 6.07 Å². The summed E-state index contributed by atoms with van der Waals surface area (Å²) in [5, 5.41) is 12.5. The van der Waals surface area contributed by atoms with Gasteiger partial charge in [0.25, 0.3) is 0 Å². The van der Waals surface area contributed by atoms with Crippen molar-refractivity contribution < 1.29 is 4.79 Å². The predicted octanol–water partition coefficient (Wildman–Crippen LogP) is 0.559. The van der Waals surface area contributed by atoms with E-state index in [1.54, 1.807) is 7.05 Å². The third-order valence-electron chi connectivity index (χ3n) is 3.21. The fraction of sp³-hybridized carbons (Fsp3) is 0.545. The molecule has 2 heterocycles. The molecule has 0 spiro atoms. The average Bonchev–Trinajstić information content (AvgIpc) is 2.79. The molecule has 0 aromatic carbocycles. The number of amides is 1. The van der Waals surface area contributed by atoms with Gasteiger partial charge in [0.15, 0.2) is 5.82 Å². The lowest BCUT2D eigenvalue weighted by Gasteiger charge is -2.31. The zero-order valence-electron chi connectivity index (χ0n) is 10.1. The van der Waals surface area contributed by atoms with Crippen LogP contribution in [0.15, 0.2) is 0 Å². The molecule has 0 saturated carbocycles. The second-order valence-corrected chi connectivity index (χ2v) is 4.99. The highest BCUT2D eigenvalue weighted by atomic mass is 32.1. The molecular formula is C11H15N5OS. The van der Waals surface area contributed by atoms with Gasteiger partial charge in [0, 0.05) is 26.1 Å². The van der Waals surface area contributed by atoms with Crippen molar-refractivity contribution in [2.24, 2.45) is 5.92 Å². The molecule has 1 aliphatic rings. The average molecular weight is 265 g/mol. The first kappa shape index (κ1) is 12.6. The molecule has 0 radical (unpaired) electrons. The maximum absolute atomic E-state index is 11.5. The molecule has 1 aromatic rings. The van der Waals surface area contributed by atoms with Crippen molar-refractivity contribution in [2.75, 3.05) is 30.8 Å². The number of nitrogen functional groups attached to an aromatic ring is 1. The van der Waals surface area contributed by atoms with Gasteiger partial charge >= 0.3 is 0 Å². The Morgan fingerprint density at radius 1 is 1.61 bits per heavy atom. The van der Waals surface area contributed by atoms with Crippen LogP contribution in [0.4, 0.5) is 10.8 Å². The first-order valence-corrected chi connectivity index (χ1v) is 6.56. The van der Waals surface area contributed by atoms with Crippen LogP contribution in [0.2, 0.25) is 0 Å². The number of nitrogens with two attached hydrogens (primary N) is 1. The van der Waals surface area contributed by atoms with Crippen LogP contribution in [-0.2, 0) is 4.79 Å². The van der Waals surface area contributed by atoms with E-state index in [1.165, 1.54) is 11.5 Å². The summed E-state index contributed by atoms with van der Waals surface area (Å²) in [7, 11) is 1.66. The SMILES string of the molecule is CNC(=O)C1CCN(c2snc(N)c2C#N)CC1.